The SMILES string of the molecule is O=C(Nc1cccc(-c2cc3cccc(N(Cc4ccccn4)c4ccccc4)c3cn2)c1)N1CCOCC1. The maximum Gasteiger partial charge on any atom is 0.321 e. The van der Waals surface area contributed by atoms with Crippen molar-refractivity contribution in [2.75, 3.05) is 36.5 Å². The fourth-order valence-corrected chi connectivity index (χ4v) is 4.85. The number of amides is 2. The second kappa shape index (κ2) is 11.3. The van der Waals surface area contributed by atoms with Gasteiger partial charge in [0.05, 0.1) is 36.8 Å². The predicted octanol–water partition coefficient (Wildman–Crippen LogP) is 6.50. The molecule has 1 N–H and O–H groups in total. The lowest BCUT2D eigenvalue weighted by atomic mass is 10.0. The van der Waals surface area contributed by atoms with Crippen LogP contribution in [0.5, 0.6) is 0 Å². The lowest BCUT2D eigenvalue weighted by Crippen LogP contribution is -2.43. The Morgan fingerprint density at radius 2 is 1.69 bits per heavy atom. The summed E-state index contributed by atoms with van der Waals surface area (Å²) in [6, 6.07) is 32.5. The van der Waals surface area contributed by atoms with Crippen LogP contribution in [0, 0.1) is 0 Å². The maximum atomic E-state index is 12.7. The minimum atomic E-state index is -0.111. The molecule has 0 bridgehead atoms. The van der Waals surface area contributed by atoms with Crippen molar-refractivity contribution in [2.24, 2.45) is 0 Å². The Labute approximate surface area is 227 Å². The van der Waals surface area contributed by atoms with Crippen LogP contribution < -0.4 is 10.2 Å². The van der Waals surface area contributed by atoms with Gasteiger partial charge in [0.2, 0.25) is 0 Å². The summed E-state index contributed by atoms with van der Waals surface area (Å²) in [4.78, 5) is 26.1. The standard InChI is InChI=1S/C32H29N5O2/c38-32(36-16-18-39-19-17-36)35-26-11-6-9-25(20-26)30-21-24-8-7-14-31(29(24)22-34-30)37(28-12-2-1-3-13-28)23-27-10-4-5-15-33-27/h1-15,20-22H,16-19,23H2,(H,35,38). The first-order valence-electron chi connectivity index (χ1n) is 13.1. The zero-order chi connectivity index (χ0) is 26.4. The van der Waals surface area contributed by atoms with Gasteiger partial charge in [-0.1, -0.05) is 48.5 Å². The third kappa shape index (κ3) is 5.58. The molecule has 3 heterocycles. The van der Waals surface area contributed by atoms with E-state index in [1.165, 1.54) is 0 Å². The molecule has 6 rings (SSSR count). The van der Waals surface area contributed by atoms with E-state index in [0.29, 0.717) is 32.8 Å². The molecule has 0 aliphatic carbocycles. The molecule has 0 unspecified atom stereocenters. The second-order valence-corrected chi connectivity index (χ2v) is 9.42. The Bertz CT molecular complexity index is 1570. The molecule has 3 aromatic carbocycles. The van der Waals surface area contributed by atoms with Crippen LogP contribution in [0.4, 0.5) is 21.9 Å². The maximum absolute atomic E-state index is 12.7. The lowest BCUT2D eigenvalue weighted by molar-refractivity contribution is 0.0564. The first kappa shape index (κ1) is 24.6. The summed E-state index contributed by atoms with van der Waals surface area (Å²) in [6.07, 6.45) is 3.76. The van der Waals surface area contributed by atoms with Crippen LogP contribution >= 0.6 is 0 Å². The van der Waals surface area contributed by atoms with Gasteiger partial charge < -0.3 is 19.9 Å². The number of rotatable bonds is 6. The van der Waals surface area contributed by atoms with Crippen LogP contribution in [-0.4, -0.2) is 47.2 Å². The third-order valence-corrected chi connectivity index (χ3v) is 6.85. The van der Waals surface area contributed by atoms with E-state index in [-0.39, 0.29) is 6.03 Å². The topological polar surface area (TPSA) is 70.6 Å². The molecule has 2 aromatic heterocycles. The second-order valence-electron chi connectivity index (χ2n) is 9.42. The normalized spacial score (nSPS) is 13.3. The van der Waals surface area contributed by atoms with Gasteiger partial charge in [0.25, 0.3) is 0 Å². The average Bonchev–Trinajstić information content (AvgIpc) is 3.01. The molecule has 0 spiro atoms. The Balaban J connectivity index is 1.31. The van der Waals surface area contributed by atoms with E-state index in [0.717, 1.165) is 44.8 Å². The average molecular weight is 516 g/mol. The van der Waals surface area contributed by atoms with Crippen LogP contribution in [0.15, 0.2) is 109 Å². The first-order chi connectivity index (χ1) is 19.2. The van der Waals surface area contributed by atoms with Crippen molar-refractivity contribution in [1.82, 2.24) is 14.9 Å². The predicted molar refractivity (Wildman–Crippen MR) is 155 cm³/mol. The third-order valence-electron chi connectivity index (χ3n) is 6.85. The quantitative estimate of drug-likeness (QED) is 0.280. The number of nitrogens with one attached hydrogen (secondary N) is 1. The molecular weight excluding hydrogens is 486 g/mol. The summed E-state index contributed by atoms with van der Waals surface area (Å²) in [5, 5.41) is 5.15. The smallest absolute Gasteiger partial charge is 0.321 e. The minimum Gasteiger partial charge on any atom is -0.378 e. The number of nitrogens with zero attached hydrogens (tertiary/aromatic N) is 4. The zero-order valence-corrected chi connectivity index (χ0v) is 21.5. The molecular formula is C32H29N5O2. The van der Waals surface area contributed by atoms with E-state index in [1.54, 1.807) is 4.90 Å². The Morgan fingerprint density at radius 1 is 0.872 bits per heavy atom. The van der Waals surface area contributed by atoms with E-state index in [9.17, 15) is 4.79 Å². The summed E-state index contributed by atoms with van der Waals surface area (Å²) < 4.78 is 5.35. The number of morpholine rings is 1. The van der Waals surface area contributed by atoms with E-state index in [1.807, 2.05) is 73.1 Å². The molecule has 7 heteroatoms. The number of carbonyl (C=O) groups is 1. The number of hydrogen-bond donors (Lipinski definition) is 1. The fourth-order valence-electron chi connectivity index (χ4n) is 4.85. The molecule has 39 heavy (non-hydrogen) atoms. The van der Waals surface area contributed by atoms with Crippen LogP contribution in [0.25, 0.3) is 22.0 Å². The molecule has 1 aliphatic rings. The molecule has 5 aromatic rings. The van der Waals surface area contributed by atoms with Crippen molar-refractivity contribution in [3.8, 4) is 11.3 Å². The Morgan fingerprint density at radius 3 is 2.51 bits per heavy atom. The highest BCUT2D eigenvalue weighted by Gasteiger charge is 2.18. The Kier molecular flexibility index (Phi) is 7.14. The van der Waals surface area contributed by atoms with Crippen molar-refractivity contribution >= 4 is 33.9 Å². The first-order valence-corrected chi connectivity index (χ1v) is 13.1. The van der Waals surface area contributed by atoms with Gasteiger partial charge in [-0.25, -0.2) is 4.79 Å². The van der Waals surface area contributed by atoms with Gasteiger partial charge in [0.15, 0.2) is 0 Å². The summed E-state index contributed by atoms with van der Waals surface area (Å²) in [5.41, 5.74) is 5.66. The van der Waals surface area contributed by atoms with E-state index < -0.39 is 0 Å². The van der Waals surface area contributed by atoms with Crippen molar-refractivity contribution in [1.29, 1.82) is 0 Å². The van der Waals surface area contributed by atoms with Crippen molar-refractivity contribution in [3.63, 3.8) is 0 Å². The van der Waals surface area contributed by atoms with Gasteiger partial charge in [0, 0.05) is 47.8 Å². The van der Waals surface area contributed by atoms with Crippen LogP contribution in [0.2, 0.25) is 0 Å². The number of aromatic nitrogens is 2. The molecule has 7 nitrogen and oxygen atoms in total. The molecule has 194 valence electrons. The van der Waals surface area contributed by atoms with Crippen molar-refractivity contribution in [2.45, 2.75) is 6.54 Å². The summed E-state index contributed by atoms with van der Waals surface area (Å²) in [5.74, 6) is 0. The van der Waals surface area contributed by atoms with Crippen LogP contribution in [0.1, 0.15) is 5.69 Å². The largest absolute Gasteiger partial charge is 0.378 e. The highest BCUT2D eigenvalue weighted by atomic mass is 16.5. The summed E-state index contributed by atoms with van der Waals surface area (Å²) in [6.45, 7) is 2.97. The molecule has 1 fully saturated rings. The molecule has 0 saturated carbocycles. The molecule has 2 amide bonds. The number of fused-ring (bicyclic) bond motifs is 1. The minimum absolute atomic E-state index is 0.111. The van der Waals surface area contributed by atoms with Gasteiger partial charge >= 0.3 is 6.03 Å². The molecule has 0 radical (unpaired) electrons. The molecule has 1 aliphatic heterocycles. The monoisotopic (exact) mass is 515 g/mol. The van der Waals surface area contributed by atoms with Crippen LogP contribution in [-0.2, 0) is 11.3 Å². The number of anilines is 3. The van der Waals surface area contributed by atoms with Crippen molar-refractivity contribution in [3.05, 3.63) is 115 Å². The fraction of sp³-hybridized carbons (Fsp3) is 0.156. The van der Waals surface area contributed by atoms with Crippen molar-refractivity contribution < 1.29 is 9.53 Å². The summed E-state index contributed by atoms with van der Waals surface area (Å²) >= 11 is 0. The number of carbonyl (C=O) groups excluding carboxylic acids is 1. The molecule has 1 saturated heterocycles. The summed E-state index contributed by atoms with van der Waals surface area (Å²) in [7, 11) is 0. The van der Waals surface area contributed by atoms with Gasteiger partial charge in [-0.05, 0) is 53.9 Å². The number of hydrogen-bond acceptors (Lipinski definition) is 5. The van der Waals surface area contributed by atoms with Gasteiger partial charge in [-0.3, -0.25) is 9.97 Å². The lowest BCUT2D eigenvalue weighted by Gasteiger charge is -2.27. The molecule has 0 atom stereocenters. The van der Waals surface area contributed by atoms with Gasteiger partial charge in [-0.15, -0.1) is 0 Å². The van der Waals surface area contributed by atoms with Gasteiger partial charge in [0.1, 0.15) is 0 Å². The number of ether oxygens (including phenoxy) is 1. The van der Waals surface area contributed by atoms with E-state index >= 15 is 0 Å². The van der Waals surface area contributed by atoms with E-state index in [2.05, 4.69) is 51.6 Å². The number of pyridine rings is 2. The zero-order valence-electron chi connectivity index (χ0n) is 21.5. The number of urea groups is 1. The van der Waals surface area contributed by atoms with Crippen LogP contribution in [0.3, 0.4) is 0 Å². The van der Waals surface area contributed by atoms with Gasteiger partial charge in [-0.2, -0.15) is 0 Å². The Hall–Kier alpha value is -4.75. The number of para-hydroxylation sites is 1. The number of benzene rings is 3. The highest BCUT2D eigenvalue weighted by molar-refractivity contribution is 5.97. The van der Waals surface area contributed by atoms with E-state index in [4.69, 9.17) is 9.72 Å². The highest BCUT2D eigenvalue weighted by Crippen LogP contribution is 2.35.